The minimum atomic E-state index is -0.432. The van der Waals surface area contributed by atoms with Crippen molar-refractivity contribution in [2.75, 3.05) is 7.11 Å². The second-order valence-corrected chi connectivity index (χ2v) is 3.95. The summed E-state index contributed by atoms with van der Waals surface area (Å²) in [6, 6.07) is 3.64. The van der Waals surface area contributed by atoms with E-state index in [1.165, 1.54) is 7.11 Å². The molecule has 90 valence electrons. The fraction of sp³-hybridized carbons (Fsp3) is 0.273. The largest absolute Gasteiger partial charge is 0.469 e. The zero-order valence-electron chi connectivity index (χ0n) is 9.52. The highest BCUT2D eigenvalue weighted by atomic mass is 32.1. The number of ether oxygens (including phenoxy) is 1. The van der Waals surface area contributed by atoms with Crippen LogP contribution in [0, 0.1) is 4.77 Å². The Morgan fingerprint density at radius 1 is 1.65 bits per heavy atom. The van der Waals surface area contributed by atoms with Gasteiger partial charge in [-0.15, -0.1) is 0 Å². The third-order valence-corrected chi connectivity index (χ3v) is 2.92. The number of carbonyl (C=O) groups excluding carboxylic acids is 1. The highest BCUT2D eigenvalue weighted by Crippen LogP contribution is 2.15. The van der Waals surface area contributed by atoms with Crippen LogP contribution >= 0.6 is 12.2 Å². The van der Waals surface area contributed by atoms with Gasteiger partial charge in [-0.2, -0.15) is 0 Å². The van der Waals surface area contributed by atoms with E-state index in [1.807, 2.05) is 6.07 Å². The number of hydrogen-bond acceptors (Lipinski definition) is 4. The van der Waals surface area contributed by atoms with Crippen molar-refractivity contribution in [2.24, 2.45) is 7.05 Å². The van der Waals surface area contributed by atoms with Crippen molar-refractivity contribution in [1.82, 2.24) is 9.55 Å². The Hall–Kier alpha value is -1.82. The molecule has 2 aromatic heterocycles. The van der Waals surface area contributed by atoms with Crippen LogP contribution < -0.4 is 0 Å². The molecule has 0 aliphatic rings. The van der Waals surface area contributed by atoms with E-state index in [2.05, 4.69) is 4.98 Å². The van der Waals surface area contributed by atoms with Crippen LogP contribution in [0.3, 0.4) is 0 Å². The quantitative estimate of drug-likeness (QED) is 0.671. The fourth-order valence-electron chi connectivity index (χ4n) is 1.61. The number of carbonyl (C=O) groups is 1. The molecule has 0 fully saturated rings. The van der Waals surface area contributed by atoms with Crippen molar-refractivity contribution in [1.29, 1.82) is 0 Å². The van der Waals surface area contributed by atoms with Gasteiger partial charge in [0.05, 0.1) is 19.1 Å². The van der Waals surface area contributed by atoms with Gasteiger partial charge >= 0.3 is 5.97 Å². The smallest absolute Gasteiger partial charge is 0.356 e. The van der Waals surface area contributed by atoms with Crippen molar-refractivity contribution < 1.29 is 13.9 Å². The van der Waals surface area contributed by atoms with Crippen LogP contribution in [0.15, 0.2) is 22.8 Å². The van der Waals surface area contributed by atoms with Crippen LogP contribution in [0.5, 0.6) is 0 Å². The topological polar surface area (TPSA) is 60.2 Å². The van der Waals surface area contributed by atoms with E-state index in [9.17, 15) is 4.79 Å². The number of rotatable bonds is 3. The summed E-state index contributed by atoms with van der Waals surface area (Å²) < 4.78 is 12.2. The second kappa shape index (κ2) is 4.58. The highest BCUT2D eigenvalue weighted by Gasteiger charge is 2.18. The second-order valence-electron chi connectivity index (χ2n) is 3.56. The number of esters is 1. The van der Waals surface area contributed by atoms with Crippen LogP contribution in [-0.2, 0) is 18.2 Å². The van der Waals surface area contributed by atoms with Gasteiger partial charge in [0.1, 0.15) is 11.5 Å². The Balaban J connectivity index is 2.44. The maximum absolute atomic E-state index is 11.6. The molecule has 17 heavy (non-hydrogen) atoms. The first-order chi connectivity index (χ1) is 8.13. The number of aromatic amines is 1. The van der Waals surface area contributed by atoms with E-state index in [1.54, 1.807) is 23.9 Å². The van der Waals surface area contributed by atoms with E-state index in [-0.39, 0.29) is 0 Å². The average molecular weight is 252 g/mol. The lowest BCUT2D eigenvalue weighted by Gasteiger charge is -2.03. The molecule has 0 atom stereocenters. The molecule has 0 amide bonds. The maximum Gasteiger partial charge on any atom is 0.356 e. The summed E-state index contributed by atoms with van der Waals surface area (Å²) in [7, 11) is 3.13. The molecule has 0 saturated carbocycles. The molecule has 0 unspecified atom stereocenters. The zero-order valence-corrected chi connectivity index (χ0v) is 10.3. The molecule has 0 aromatic carbocycles. The van der Waals surface area contributed by atoms with Gasteiger partial charge in [0.25, 0.3) is 0 Å². The van der Waals surface area contributed by atoms with E-state index in [0.717, 1.165) is 11.5 Å². The number of nitrogens with one attached hydrogen (secondary N) is 1. The number of imidazole rings is 1. The summed E-state index contributed by atoms with van der Waals surface area (Å²) >= 11 is 5.09. The molecule has 0 spiro atoms. The molecular formula is C11H12N2O3S. The van der Waals surface area contributed by atoms with Crippen molar-refractivity contribution in [3.63, 3.8) is 0 Å². The molecule has 2 heterocycles. The average Bonchev–Trinajstić information content (AvgIpc) is 2.92. The summed E-state index contributed by atoms with van der Waals surface area (Å²) in [4.78, 5) is 14.4. The molecular weight excluding hydrogens is 240 g/mol. The summed E-state index contributed by atoms with van der Waals surface area (Å²) in [6.07, 6.45) is 2.08. The molecule has 5 nitrogen and oxygen atoms in total. The molecule has 0 saturated heterocycles. The lowest BCUT2D eigenvalue weighted by Crippen LogP contribution is -2.08. The van der Waals surface area contributed by atoms with Crippen molar-refractivity contribution in [3.05, 3.63) is 40.3 Å². The number of H-pyrrole nitrogens is 1. The molecule has 0 bridgehead atoms. The predicted molar refractivity (Wildman–Crippen MR) is 63.5 cm³/mol. The summed E-state index contributed by atoms with van der Waals surface area (Å²) in [5.74, 6) is 0.331. The van der Waals surface area contributed by atoms with Crippen LogP contribution in [0.25, 0.3) is 0 Å². The van der Waals surface area contributed by atoms with E-state index in [0.29, 0.717) is 16.9 Å². The standard InChI is InChI=1S/C11H12N2O3S/c1-13-8(6-7-4-3-5-16-7)9(10(14)15-2)12-11(13)17/h3-5H,6H2,1-2H3,(H,12,17). The third-order valence-electron chi connectivity index (χ3n) is 2.54. The number of nitrogens with zero attached hydrogens (tertiary/aromatic N) is 1. The predicted octanol–water partition coefficient (Wildman–Crippen LogP) is 2.05. The lowest BCUT2D eigenvalue weighted by molar-refractivity contribution is 0.0593. The van der Waals surface area contributed by atoms with Gasteiger partial charge in [-0.3, -0.25) is 0 Å². The first kappa shape index (κ1) is 11.7. The van der Waals surface area contributed by atoms with Crippen molar-refractivity contribution >= 4 is 18.2 Å². The Labute approximate surface area is 103 Å². The van der Waals surface area contributed by atoms with Gasteiger partial charge in [0, 0.05) is 13.5 Å². The molecule has 0 radical (unpaired) electrons. The number of hydrogen-bond donors (Lipinski definition) is 1. The Morgan fingerprint density at radius 2 is 2.41 bits per heavy atom. The maximum atomic E-state index is 11.6. The molecule has 2 aromatic rings. The van der Waals surface area contributed by atoms with Crippen molar-refractivity contribution in [3.8, 4) is 0 Å². The van der Waals surface area contributed by atoms with Gasteiger partial charge in [0.15, 0.2) is 4.77 Å². The summed E-state index contributed by atoms with van der Waals surface area (Å²) in [5.41, 5.74) is 1.12. The van der Waals surface area contributed by atoms with Gasteiger partial charge in [0.2, 0.25) is 0 Å². The Bertz CT molecular complexity index is 580. The van der Waals surface area contributed by atoms with Gasteiger partial charge in [-0.1, -0.05) is 0 Å². The van der Waals surface area contributed by atoms with E-state index in [4.69, 9.17) is 21.4 Å². The monoisotopic (exact) mass is 252 g/mol. The van der Waals surface area contributed by atoms with Crippen LogP contribution in [0.4, 0.5) is 0 Å². The van der Waals surface area contributed by atoms with Gasteiger partial charge < -0.3 is 18.7 Å². The summed E-state index contributed by atoms with van der Waals surface area (Å²) in [5, 5.41) is 0. The lowest BCUT2D eigenvalue weighted by atomic mass is 10.2. The highest BCUT2D eigenvalue weighted by molar-refractivity contribution is 7.71. The Kier molecular flexibility index (Phi) is 3.14. The van der Waals surface area contributed by atoms with E-state index >= 15 is 0 Å². The first-order valence-electron chi connectivity index (χ1n) is 5.02. The zero-order chi connectivity index (χ0) is 12.4. The van der Waals surface area contributed by atoms with Gasteiger partial charge in [-0.05, 0) is 24.4 Å². The molecule has 1 N–H and O–H groups in total. The number of furan rings is 1. The first-order valence-corrected chi connectivity index (χ1v) is 5.43. The normalized spacial score (nSPS) is 10.5. The minimum absolute atomic E-state index is 0.372. The van der Waals surface area contributed by atoms with Gasteiger partial charge in [-0.25, -0.2) is 4.79 Å². The SMILES string of the molecule is COC(=O)c1[nH]c(=S)n(C)c1Cc1ccco1. The molecule has 6 heteroatoms. The number of methoxy groups -OCH3 is 1. The molecule has 0 aliphatic carbocycles. The van der Waals surface area contributed by atoms with Crippen LogP contribution in [0.2, 0.25) is 0 Å². The molecule has 0 aliphatic heterocycles. The van der Waals surface area contributed by atoms with Crippen molar-refractivity contribution in [2.45, 2.75) is 6.42 Å². The van der Waals surface area contributed by atoms with Crippen LogP contribution in [0.1, 0.15) is 21.9 Å². The minimum Gasteiger partial charge on any atom is -0.469 e. The number of aromatic nitrogens is 2. The third kappa shape index (κ3) is 2.16. The fourth-order valence-corrected chi connectivity index (χ4v) is 1.82. The van der Waals surface area contributed by atoms with Crippen LogP contribution in [-0.4, -0.2) is 22.6 Å². The molecule has 2 rings (SSSR count). The summed E-state index contributed by atoms with van der Waals surface area (Å²) in [6.45, 7) is 0. The Morgan fingerprint density at radius 3 is 3.00 bits per heavy atom. The van der Waals surface area contributed by atoms with E-state index < -0.39 is 5.97 Å².